The van der Waals surface area contributed by atoms with Crippen molar-refractivity contribution in [2.75, 3.05) is 0 Å². The van der Waals surface area contributed by atoms with Crippen LogP contribution >= 0.6 is 0 Å². The number of aliphatic hydroxyl groups excluding tert-OH is 1. The van der Waals surface area contributed by atoms with Crippen molar-refractivity contribution in [2.24, 2.45) is 0 Å². The molecule has 0 bridgehead atoms. The third-order valence-electron chi connectivity index (χ3n) is 5.10. The maximum atomic E-state index is 12.6. The summed E-state index contributed by atoms with van der Waals surface area (Å²) in [7, 11) is 0. The molecule has 28 heavy (non-hydrogen) atoms. The first kappa shape index (κ1) is 22.1. The zero-order chi connectivity index (χ0) is 20.9. The minimum absolute atomic E-state index is 0.123. The normalized spacial score (nSPS) is 20.6. The van der Waals surface area contributed by atoms with E-state index in [1.807, 2.05) is 65.0 Å². The lowest BCUT2D eigenvalue weighted by Crippen LogP contribution is -2.39. The van der Waals surface area contributed by atoms with Gasteiger partial charge in [0.1, 0.15) is 5.75 Å². The van der Waals surface area contributed by atoms with Gasteiger partial charge in [-0.1, -0.05) is 41.5 Å². The van der Waals surface area contributed by atoms with Gasteiger partial charge < -0.3 is 14.9 Å². The minimum atomic E-state index is -1.82. The van der Waals surface area contributed by atoms with E-state index in [1.165, 1.54) is 5.57 Å². The number of aliphatic hydroxyl groups is 2. The van der Waals surface area contributed by atoms with Gasteiger partial charge in [0, 0.05) is 6.42 Å². The number of carbonyl (C=O) groups is 1. The Bertz CT molecular complexity index is 812. The maximum Gasteiger partial charge on any atom is 0.276 e. The topological polar surface area (TPSA) is 66.8 Å². The molecule has 152 valence electrons. The second-order valence-electron chi connectivity index (χ2n) is 7.94. The number of hydrogen-bond acceptors (Lipinski definition) is 4. The molecule has 1 aliphatic heterocycles. The number of ketones is 1. The third-order valence-corrected chi connectivity index (χ3v) is 5.10. The van der Waals surface area contributed by atoms with Crippen LogP contribution in [0.2, 0.25) is 0 Å². The fraction of sp³-hybridized carbons (Fsp3) is 0.458. The molecule has 0 saturated heterocycles. The van der Waals surface area contributed by atoms with Gasteiger partial charge in [-0.25, -0.2) is 0 Å². The van der Waals surface area contributed by atoms with Crippen molar-refractivity contribution >= 4 is 5.78 Å². The van der Waals surface area contributed by atoms with Crippen LogP contribution in [-0.4, -0.2) is 27.9 Å². The Balaban J connectivity index is 1.91. The molecule has 2 rings (SSSR count). The second kappa shape index (κ2) is 9.35. The Morgan fingerprint density at radius 1 is 1.18 bits per heavy atom. The van der Waals surface area contributed by atoms with Crippen molar-refractivity contribution in [3.63, 3.8) is 0 Å². The van der Waals surface area contributed by atoms with Gasteiger partial charge in [0.25, 0.3) is 5.79 Å². The fourth-order valence-corrected chi connectivity index (χ4v) is 3.19. The Labute approximate surface area is 168 Å². The van der Waals surface area contributed by atoms with Crippen LogP contribution in [0.1, 0.15) is 69.3 Å². The Hall–Kier alpha value is -2.17. The third kappa shape index (κ3) is 5.43. The Morgan fingerprint density at radius 2 is 1.89 bits per heavy atom. The van der Waals surface area contributed by atoms with Gasteiger partial charge in [0.2, 0.25) is 5.78 Å². The predicted octanol–water partition coefficient (Wildman–Crippen LogP) is 5.04. The number of rotatable bonds is 8. The number of aryl methyl sites for hydroxylation is 1. The molecule has 0 fully saturated rings. The van der Waals surface area contributed by atoms with Crippen LogP contribution < -0.4 is 4.74 Å². The van der Waals surface area contributed by atoms with Crippen molar-refractivity contribution < 1.29 is 19.7 Å². The molecule has 0 radical (unpaired) electrons. The summed E-state index contributed by atoms with van der Waals surface area (Å²) < 4.78 is 5.57. The molecule has 1 heterocycles. The average Bonchev–Trinajstić information content (AvgIpc) is 2.90. The Morgan fingerprint density at radius 3 is 2.54 bits per heavy atom. The summed E-state index contributed by atoms with van der Waals surface area (Å²) in [5.41, 5.74) is 4.51. The molecule has 0 spiro atoms. The summed E-state index contributed by atoms with van der Waals surface area (Å²) in [6, 6.07) is 5.37. The number of hydrogen-bond donors (Lipinski definition) is 2. The molecule has 0 unspecified atom stereocenters. The molecule has 4 heteroatoms. The number of benzene rings is 1. The highest BCUT2D eigenvalue weighted by Gasteiger charge is 2.46. The highest BCUT2D eigenvalue weighted by atomic mass is 16.6. The molecular formula is C24H32O4. The monoisotopic (exact) mass is 384 g/mol. The van der Waals surface area contributed by atoms with Crippen LogP contribution in [0.5, 0.6) is 5.75 Å². The quantitative estimate of drug-likeness (QED) is 0.616. The van der Waals surface area contributed by atoms with Gasteiger partial charge in [0.05, 0.1) is 11.7 Å². The minimum Gasteiger partial charge on any atom is -0.453 e. The van der Waals surface area contributed by atoms with Crippen LogP contribution in [0.4, 0.5) is 0 Å². The van der Waals surface area contributed by atoms with E-state index in [0.717, 1.165) is 29.6 Å². The molecule has 4 nitrogen and oxygen atoms in total. The summed E-state index contributed by atoms with van der Waals surface area (Å²) in [4.78, 5) is 12.6. The van der Waals surface area contributed by atoms with Gasteiger partial charge in [0.15, 0.2) is 0 Å². The number of fused-ring (bicyclic) bond motifs is 1. The van der Waals surface area contributed by atoms with E-state index in [1.54, 1.807) is 6.07 Å². The van der Waals surface area contributed by atoms with Crippen LogP contribution in [0.15, 0.2) is 53.1 Å². The van der Waals surface area contributed by atoms with Crippen molar-refractivity contribution in [3.8, 4) is 5.75 Å². The average molecular weight is 385 g/mol. The summed E-state index contributed by atoms with van der Waals surface area (Å²) >= 11 is 0. The number of Topliss-reactive ketones (excluding diaryl/α,β-unsaturated/α-hetero) is 1. The lowest BCUT2D eigenvalue weighted by Gasteiger charge is -2.19. The summed E-state index contributed by atoms with van der Waals surface area (Å²) in [6.45, 7) is 9.80. The molecule has 2 atom stereocenters. The predicted molar refractivity (Wildman–Crippen MR) is 113 cm³/mol. The largest absolute Gasteiger partial charge is 0.453 e. The number of ether oxygens (including phenoxy) is 1. The number of carbonyl (C=O) groups excluding carboxylic acids is 1. The molecule has 0 amide bonds. The molecule has 0 aromatic heterocycles. The summed E-state index contributed by atoms with van der Waals surface area (Å²) in [5, 5.41) is 20.8. The highest BCUT2D eigenvalue weighted by molar-refractivity contribution is 6.07. The van der Waals surface area contributed by atoms with Crippen LogP contribution in [0.25, 0.3) is 0 Å². The van der Waals surface area contributed by atoms with Crippen molar-refractivity contribution in [2.45, 2.75) is 72.2 Å². The molecular weight excluding hydrogens is 352 g/mol. The lowest BCUT2D eigenvalue weighted by atomic mass is 9.98. The first-order valence-electron chi connectivity index (χ1n) is 9.83. The summed E-state index contributed by atoms with van der Waals surface area (Å²) in [5.74, 6) is -1.74. The van der Waals surface area contributed by atoms with E-state index in [-0.39, 0.29) is 12.2 Å². The van der Waals surface area contributed by atoms with E-state index in [4.69, 9.17) is 4.74 Å². The smallest absolute Gasteiger partial charge is 0.276 e. The molecule has 1 aromatic rings. The zero-order valence-electron chi connectivity index (χ0n) is 17.6. The molecule has 2 N–H and O–H groups in total. The van der Waals surface area contributed by atoms with Gasteiger partial charge >= 0.3 is 0 Å². The van der Waals surface area contributed by atoms with Crippen LogP contribution in [0, 0.1) is 6.92 Å². The molecule has 1 aromatic carbocycles. The van der Waals surface area contributed by atoms with Crippen molar-refractivity contribution in [1.82, 2.24) is 0 Å². The SMILES string of the molecule is CC(C)=CC[C@@H](O)C(C)=CCCC(C)=CC[C@@]1(O)Oc2cccc(C)c2C1=O. The van der Waals surface area contributed by atoms with E-state index >= 15 is 0 Å². The zero-order valence-corrected chi connectivity index (χ0v) is 17.6. The standard InChI is InChI=1S/C24H32O4/c1-16(2)12-13-20(25)18(4)9-6-8-17(3)14-15-24(27)23(26)22-19(5)10-7-11-21(22)28-24/h7,9-12,14,20,25,27H,6,8,13,15H2,1-5H3/t20-,24-/m1/s1. The fourth-order valence-electron chi connectivity index (χ4n) is 3.19. The Kier molecular flexibility index (Phi) is 7.39. The van der Waals surface area contributed by atoms with Gasteiger partial charge in [-0.3, -0.25) is 4.79 Å². The molecule has 0 saturated carbocycles. The van der Waals surface area contributed by atoms with E-state index in [9.17, 15) is 15.0 Å². The first-order chi connectivity index (χ1) is 13.1. The van der Waals surface area contributed by atoms with Gasteiger partial charge in [-0.15, -0.1) is 0 Å². The maximum absolute atomic E-state index is 12.6. The van der Waals surface area contributed by atoms with Crippen molar-refractivity contribution in [3.05, 3.63) is 64.3 Å². The lowest BCUT2D eigenvalue weighted by molar-refractivity contribution is -0.0871. The van der Waals surface area contributed by atoms with Crippen LogP contribution in [-0.2, 0) is 0 Å². The molecule has 0 aliphatic carbocycles. The van der Waals surface area contributed by atoms with Gasteiger partial charge in [-0.05, 0) is 71.1 Å². The second-order valence-corrected chi connectivity index (χ2v) is 7.94. The number of allylic oxidation sites excluding steroid dienone is 3. The van der Waals surface area contributed by atoms with Crippen molar-refractivity contribution in [1.29, 1.82) is 0 Å². The van der Waals surface area contributed by atoms with E-state index < -0.39 is 11.9 Å². The van der Waals surface area contributed by atoms with E-state index in [2.05, 4.69) is 0 Å². The first-order valence-corrected chi connectivity index (χ1v) is 9.83. The highest BCUT2D eigenvalue weighted by Crippen LogP contribution is 2.37. The van der Waals surface area contributed by atoms with Gasteiger partial charge in [-0.2, -0.15) is 0 Å². The summed E-state index contributed by atoms with van der Waals surface area (Å²) in [6.07, 6.45) is 7.84. The van der Waals surface area contributed by atoms with E-state index in [0.29, 0.717) is 17.7 Å². The molecule has 1 aliphatic rings. The van der Waals surface area contributed by atoms with Crippen LogP contribution in [0.3, 0.4) is 0 Å².